The lowest BCUT2D eigenvalue weighted by Gasteiger charge is -2.12. The predicted molar refractivity (Wildman–Crippen MR) is 108 cm³/mol. The molecule has 0 unspecified atom stereocenters. The molecule has 0 bridgehead atoms. The summed E-state index contributed by atoms with van der Waals surface area (Å²) in [5.41, 5.74) is 1.72. The minimum Gasteiger partial charge on any atom is -0.497 e. The smallest absolute Gasteiger partial charge is 0.229 e. The van der Waals surface area contributed by atoms with Crippen LogP contribution in [0.4, 0.5) is 5.13 Å². The Bertz CT molecular complexity index is 1070. The summed E-state index contributed by atoms with van der Waals surface area (Å²) in [6, 6.07) is 15.2. The van der Waals surface area contributed by atoms with Crippen molar-refractivity contribution in [1.82, 2.24) is 15.1 Å². The number of aromatic nitrogens is 3. The number of thiazole rings is 1. The molecular formula is C20H18N4O3S. The van der Waals surface area contributed by atoms with E-state index >= 15 is 0 Å². The highest BCUT2D eigenvalue weighted by Gasteiger charge is 2.17. The maximum absolute atomic E-state index is 12.5. The zero-order chi connectivity index (χ0) is 19.5. The van der Waals surface area contributed by atoms with E-state index in [9.17, 15) is 4.79 Å². The fourth-order valence-corrected chi connectivity index (χ4v) is 3.65. The van der Waals surface area contributed by atoms with Gasteiger partial charge in [0.2, 0.25) is 17.6 Å². The molecule has 0 radical (unpaired) electrons. The topological polar surface area (TPSA) is 81.4 Å². The number of fused-ring (bicyclic) bond motifs is 1. The summed E-state index contributed by atoms with van der Waals surface area (Å²) in [6.07, 6.45) is 0.633. The van der Waals surface area contributed by atoms with Gasteiger partial charge in [-0.25, -0.2) is 4.98 Å². The predicted octanol–water partition coefficient (Wildman–Crippen LogP) is 3.95. The molecule has 8 heteroatoms. The molecule has 0 aliphatic heterocycles. The number of carbonyl (C=O) groups excluding carboxylic acids is 1. The molecule has 0 saturated carbocycles. The van der Waals surface area contributed by atoms with Crippen molar-refractivity contribution in [2.75, 3.05) is 19.1 Å². The van der Waals surface area contributed by atoms with Gasteiger partial charge in [0, 0.05) is 25.5 Å². The van der Waals surface area contributed by atoms with Gasteiger partial charge in [-0.05, 0) is 36.4 Å². The summed E-state index contributed by atoms with van der Waals surface area (Å²) in [5.74, 6) is 1.63. The van der Waals surface area contributed by atoms with Crippen molar-refractivity contribution < 1.29 is 14.1 Å². The molecule has 2 heterocycles. The van der Waals surface area contributed by atoms with Crippen LogP contribution in [0, 0.1) is 0 Å². The third-order valence-corrected chi connectivity index (χ3v) is 5.43. The Morgan fingerprint density at radius 1 is 1.14 bits per heavy atom. The van der Waals surface area contributed by atoms with Gasteiger partial charge in [0.1, 0.15) is 5.75 Å². The average Bonchev–Trinajstić information content (AvgIpc) is 3.38. The van der Waals surface area contributed by atoms with Crippen LogP contribution in [0.25, 0.3) is 21.6 Å². The third-order valence-electron chi connectivity index (χ3n) is 4.31. The van der Waals surface area contributed by atoms with E-state index in [0.29, 0.717) is 23.3 Å². The number of methoxy groups -OCH3 is 1. The van der Waals surface area contributed by atoms with Crippen LogP contribution in [0.3, 0.4) is 0 Å². The normalized spacial score (nSPS) is 10.9. The van der Waals surface area contributed by atoms with E-state index in [1.807, 2.05) is 48.5 Å². The van der Waals surface area contributed by atoms with Crippen molar-refractivity contribution in [1.29, 1.82) is 0 Å². The molecule has 142 valence electrons. The van der Waals surface area contributed by atoms with Gasteiger partial charge in [-0.1, -0.05) is 28.6 Å². The number of carbonyl (C=O) groups is 1. The maximum Gasteiger partial charge on any atom is 0.229 e. The van der Waals surface area contributed by atoms with Crippen LogP contribution in [0.2, 0.25) is 0 Å². The lowest BCUT2D eigenvalue weighted by molar-refractivity contribution is -0.118. The van der Waals surface area contributed by atoms with Crippen LogP contribution in [0.5, 0.6) is 5.75 Å². The lowest BCUT2D eigenvalue weighted by Crippen LogP contribution is -2.26. The summed E-state index contributed by atoms with van der Waals surface area (Å²) >= 11 is 1.49. The molecule has 0 spiro atoms. The van der Waals surface area contributed by atoms with E-state index in [1.165, 1.54) is 11.3 Å². The third kappa shape index (κ3) is 3.72. The number of benzene rings is 2. The number of hydrogen-bond acceptors (Lipinski definition) is 7. The van der Waals surface area contributed by atoms with Crippen molar-refractivity contribution in [2.45, 2.75) is 12.8 Å². The SMILES string of the molecule is COc1ccc(-c2noc(CCC(=O)N(C)c3nc4ccccc4s3)n2)cc1. The highest BCUT2D eigenvalue weighted by molar-refractivity contribution is 7.22. The van der Waals surface area contributed by atoms with Crippen LogP contribution in [0.15, 0.2) is 53.1 Å². The number of hydrogen-bond donors (Lipinski definition) is 0. The molecule has 1 amide bonds. The Labute approximate surface area is 165 Å². The Balaban J connectivity index is 1.39. The van der Waals surface area contributed by atoms with Gasteiger partial charge >= 0.3 is 0 Å². The van der Waals surface area contributed by atoms with Gasteiger partial charge in [0.15, 0.2) is 5.13 Å². The minimum atomic E-state index is -0.0525. The molecule has 4 aromatic rings. The molecule has 0 aliphatic carbocycles. The molecule has 28 heavy (non-hydrogen) atoms. The van der Waals surface area contributed by atoms with Gasteiger partial charge in [0.25, 0.3) is 0 Å². The summed E-state index contributed by atoms with van der Waals surface area (Å²) < 4.78 is 11.5. The van der Waals surface area contributed by atoms with Crippen LogP contribution >= 0.6 is 11.3 Å². The van der Waals surface area contributed by atoms with Gasteiger partial charge in [-0.2, -0.15) is 4.98 Å². The fraction of sp³-hybridized carbons (Fsp3) is 0.200. The van der Waals surface area contributed by atoms with Crippen molar-refractivity contribution in [3.63, 3.8) is 0 Å². The van der Waals surface area contributed by atoms with E-state index < -0.39 is 0 Å². The monoisotopic (exact) mass is 394 g/mol. The molecular weight excluding hydrogens is 376 g/mol. The molecule has 0 aliphatic rings. The van der Waals surface area contributed by atoms with Gasteiger partial charge < -0.3 is 9.26 Å². The standard InChI is InChI=1S/C20H18N4O3S/c1-24(20-21-15-5-3-4-6-16(15)28-20)18(25)12-11-17-22-19(23-27-17)13-7-9-14(26-2)10-8-13/h3-10H,11-12H2,1-2H3. The van der Waals surface area contributed by atoms with Crippen LogP contribution in [0.1, 0.15) is 12.3 Å². The van der Waals surface area contributed by atoms with Crippen LogP contribution < -0.4 is 9.64 Å². The highest BCUT2D eigenvalue weighted by Crippen LogP contribution is 2.28. The maximum atomic E-state index is 12.5. The van der Waals surface area contributed by atoms with E-state index in [4.69, 9.17) is 9.26 Å². The Hall–Kier alpha value is -3.26. The first kappa shape index (κ1) is 18.1. The van der Waals surface area contributed by atoms with Crippen LogP contribution in [-0.2, 0) is 11.2 Å². The molecule has 0 N–H and O–H groups in total. The second-order valence-corrected chi connectivity index (χ2v) is 7.17. The fourth-order valence-electron chi connectivity index (χ4n) is 2.71. The summed E-state index contributed by atoms with van der Waals surface area (Å²) in [6.45, 7) is 0. The summed E-state index contributed by atoms with van der Waals surface area (Å²) in [7, 11) is 3.35. The Kier molecular flexibility index (Phi) is 5.03. The van der Waals surface area contributed by atoms with Crippen molar-refractivity contribution in [3.05, 3.63) is 54.4 Å². The second kappa shape index (κ2) is 7.77. The molecule has 4 rings (SSSR count). The Morgan fingerprint density at radius 3 is 2.68 bits per heavy atom. The van der Waals surface area contributed by atoms with E-state index in [0.717, 1.165) is 21.5 Å². The van der Waals surface area contributed by atoms with E-state index in [1.54, 1.807) is 19.1 Å². The number of anilines is 1. The van der Waals surface area contributed by atoms with Gasteiger partial charge in [-0.15, -0.1) is 0 Å². The van der Waals surface area contributed by atoms with Crippen molar-refractivity contribution in [2.24, 2.45) is 0 Å². The first-order chi connectivity index (χ1) is 13.6. The van der Waals surface area contributed by atoms with E-state index in [2.05, 4.69) is 15.1 Å². The number of rotatable bonds is 6. The first-order valence-electron chi connectivity index (χ1n) is 8.73. The Morgan fingerprint density at radius 2 is 1.93 bits per heavy atom. The molecule has 2 aromatic carbocycles. The number of ether oxygens (including phenoxy) is 1. The van der Waals surface area contributed by atoms with Crippen LogP contribution in [-0.4, -0.2) is 35.2 Å². The quantitative estimate of drug-likeness (QED) is 0.492. The zero-order valence-corrected chi connectivity index (χ0v) is 16.3. The molecule has 0 saturated heterocycles. The summed E-state index contributed by atoms with van der Waals surface area (Å²) in [5, 5.41) is 4.67. The highest BCUT2D eigenvalue weighted by atomic mass is 32.1. The van der Waals surface area contributed by atoms with Gasteiger partial charge in [-0.3, -0.25) is 9.69 Å². The molecule has 2 aromatic heterocycles. The first-order valence-corrected chi connectivity index (χ1v) is 9.55. The number of para-hydroxylation sites is 1. The minimum absolute atomic E-state index is 0.0525. The number of nitrogens with zero attached hydrogens (tertiary/aromatic N) is 4. The molecule has 0 atom stereocenters. The lowest BCUT2D eigenvalue weighted by atomic mass is 10.2. The van der Waals surface area contributed by atoms with Crippen molar-refractivity contribution in [3.8, 4) is 17.1 Å². The van der Waals surface area contributed by atoms with Gasteiger partial charge in [0.05, 0.1) is 17.3 Å². The largest absolute Gasteiger partial charge is 0.497 e. The van der Waals surface area contributed by atoms with E-state index in [-0.39, 0.29) is 12.3 Å². The number of amides is 1. The van der Waals surface area contributed by atoms with Crippen molar-refractivity contribution >= 4 is 32.6 Å². The zero-order valence-electron chi connectivity index (χ0n) is 15.5. The average molecular weight is 394 g/mol. The second-order valence-electron chi connectivity index (χ2n) is 6.16. The molecule has 7 nitrogen and oxygen atoms in total. The summed E-state index contributed by atoms with van der Waals surface area (Å²) in [4.78, 5) is 23.0. The number of aryl methyl sites for hydroxylation is 1. The molecule has 0 fully saturated rings.